The fourth-order valence-electron chi connectivity index (χ4n) is 2.35. The summed E-state index contributed by atoms with van der Waals surface area (Å²) in [6.45, 7) is 12.9. The smallest absolute Gasteiger partial charge is 0.410 e. The lowest BCUT2D eigenvalue weighted by Gasteiger charge is -2.47. The van der Waals surface area contributed by atoms with Gasteiger partial charge in [0.05, 0.1) is 16.9 Å². The summed E-state index contributed by atoms with van der Waals surface area (Å²) in [6.07, 6.45) is -0.0117. The number of nitrogens with zero attached hydrogens (tertiary/aromatic N) is 2. The molecule has 21 heavy (non-hydrogen) atoms. The number of carbonyl (C=O) groups is 2. The molecule has 0 aliphatic carbocycles. The van der Waals surface area contributed by atoms with E-state index in [2.05, 4.69) is 0 Å². The van der Waals surface area contributed by atoms with Gasteiger partial charge < -0.3 is 9.64 Å². The molecule has 0 spiro atoms. The molecule has 0 N–H and O–H groups in total. The van der Waals surface area contributed by atoms with Crippen LogP contribution in [0.15, 0.2) is 0 Å². The first-order chi connectivity index (χ1) is 9.42. The molecule has 1 fully saturated rings. The highest BCUT2D eigenvalue weighted by atomic mass is 32.1. The van der Waals surface area contributed by atoms with E-state index in [0.29, 0.717) is 24.6 Å². The average Bonchev–Trinajstić information content (AvgIpc) is 2.23. The third-order valence-electron chi connectivity index (χ3n) is 3.27. The van der Waals surface area contributed by atoms with E-state index in [1.807, 2.05) is 39.5 Å². The molecule has 0 aromatic rings. The Hall–Kier alpha value is -1.17. The summed E-state index contributed by atoms with van der Waals surface area (Å²) in [5.74, 6) is 0.0624. The predicted molar refractivity (Wildman–Crippen MR) is 86.5 cm³/mol. The van der Waals surface area contributed by atoms with Crippen LogP contribution in [-0.2, 0) is 9.53 Å². The molecule has 5 nitrogen and oxygen atoms in total. The standard InChI is InChI=1S/C15H26N2O3S/c1-11(18)9-12(21)16-7-8-17(15(5,6)10-16)13(19)20-14(2,3)4/h7-10H2,1-6H3. The van der Waals surface area contributed by atoms with Gasteiger partial charge in [-0.25, -0.2) is 4.79 Å². The molecule has 1 aliphatic rings. The second-order valence-corrected chi connectivity index (χ2v) is 7.61. The van der Waals surface area contributed by atoms with Crippen molar-refractivity contribution in [1.29, 1.82) is 0 Å². The highest BCUT2D eigenvalue weighted by Crippen LogP contribution is 2.24. The number of thiocarbonyl (C=S) groups is 1. The van der Waals surface area contributed by atoms with Gasteiger partial charge >= 0.3 is 6.09 Å². The molecule has 0 bridgehead atoms. The van der Waals surface area contributed by atoms with E-state index in [4.69, 9.17) is 17.0 Å². The number of Topliss-reactive ketones (excluding diaryl/α,β-unsaturated/α-hetero) is 1. The fourth-order valence-corrected chi connectivity index (χ4v) is 2.71. The lowest BCUT2D eigenvalue weighted by Crippen LogP contribution is -2.62. The zero-order chi connectivity index (χ0) is 16.4. The van der Waals surface area contributed by atoms with Gasteiger partial charge in [0, 0.05) is 19.6 Å². The lowest BCUT2D eigenvalue weighted by atomic mass is 9.99. The molecule has 0 atom stereocenters. The van der Waals surface area contributed by atoms with Crippen LogP contribution in [0.4, 0.5) is 4.79 Å². The molecule has 0 unspecified atom stereocenters. The van der Waals surface area contributed by atoms with Crippen LogP contribution in [0.25, 0.3) is 0 Å². The number of carbonyl (C=O) groups excluding carboxylic acids is 2. The maximum Gasteiger partial charge on any atom is 0.410 e. The Kier molecular flexibility index (Phi) is 5.36. The number of piperazine rings is 1. The number of ether oxygens (including phenoxy) is 1. The molecule has 0 saturated carbocycles. The van der Waals surface area contributed by atoms with Gasteiger partial charge in [-0.1, -0.05) is 12.2 Å². The van der Waals surface area contributed by atoms with Gasteiger partial charge in [-0.2, -0.15) is 0 Å². The number of rotatable bonds is 2. The van der Waals surface area contributed by atoms with Gasteiger partial charge in [-0.15, -0.1) is 0 Å². The minimum absolute atomic E-state index is 0.0624. The first-order valence-electron chi connectivity index (χ1n) is 7.20. The molecule has 1 heterocycles. The molecule has 120 valence electrons. The van der Waals surface area contributed by atoms with Gasteiger partial charge in [0.1, 0.15) is 11.4 Å². The van der Waals surface area contributed by atoms with Crippen LogP contribution in [0.3, 0.4) is 0 Å². The van der Waals surface area contributed by atoms with Gasteiger partial charge in [-0.3, -0.25) is 9.69 Å². The number of hydrogen-bond acceptors (Lipinski definition) is 4. The number of hydrogen-bond donors (Lipinski definition) is 0. The summed E-state index contributed by atoms with van der Waals surface area (Å²) in [5, 5.41) is 0. The second kappa shape index (κ2) is 6.30. The minimum atomic E-state index is -0.506. The largest absolute Gasteiger partial charge is 0.444 e. The zero-order valence-electron chi connectivity index (χ0n) is 13.9. The van der Waals surface area contributed by atoms with E-state index in [0.717, 1.165) is 0 Å². The third-order valence-corrected chi connectivity index (χ3v) is 3.67. The molecular formula is C15H26N2O3S. The molecule has 1 rings (SSSR count). The second-order valence-electron chi connectivity index (χ2n) is 7.14. The van der Waals surface area contributed by atoms with E-state index < -0.39 is 5.60 Å². The molecule has 1 saturated heterocycles. The molecule has 6 heteroatoms. The van der Waals surface area contributed by atoms with Crippen molar-refractivity contribution >= 4 is 29.1 Å². The van der Waals surface area contributed by atoms with Crippen LogP contribution in [0.1, 0.15) is 48.0 Å². The maximum absolute atomic E-state index is 12.3. The van der Waals surface area contributed by atoms with Gasteiger partial charge in [0.25, 0.3) is 0 Å². The van der Waals surface area contributed by atoms with Crippen LogP contribution in [0.2, 0.25) is 0 Å². The van der Waals surface area contributed by atoms with Crippen molar-refractivity contribution in [3.05, 3.63) is 0 Å². The maximum atomic E-state index is 12.3. The highest BCUT2D eigenvalue weighted by Gasteiger charge is 2.39. The minimum Gasteiger partial charge on any atom is -0.444 e. The normalized spacial score (nSPS) is 18.4. The molecule has 0 aromatic carbocycles. The molecular weight excluding hydrogens is 288 g/mol. The third kappa shape index (κ3) is 5.26. The van der Waals surface area contributed by atoms with Gasteiger partial charge in [0.2, 0.25) is 0 Å². The number of ketones is 1. The summed E-state index contributed by atoms with van der Waals surface area (Å²) >= 11 is 5.32. The fraction of sp³-hybridized carbons (Fsp3) is 0.800. The van der Waals surface area contributed by atoms with Crippen LogP contribution in [-0.4, -0.2) is 57.4 Å². The number of amides is 1. The Morgan fingerprint density at radius 2 is 1.81 bits per heavy atom. The first-order valence-corrected chi connectivity index (χ1v) is 7.61. The zero-order valence-corrected chi connectivity index (χ0v) is 14.7. The Morgan fingerprint density at radius 3 is 2.24 bits per heavy atom. The first kappa shape index (κ1) is 17.9. The van der Waals surface area contributed by atoms with Crippen molar-refractivity contribution in [2.24, 2.45) is 0 Å². The Balaban J connectivity index is 2.73. The molecule has 0 radical (unpaired) electrons. The van der Waals surface area contributed by atoms with Crippen LogP contribution in [0.5, 0.6) is 0 Å². The monoisotopic (exact) mass is 314 g/mol. The van der Waals surface area contributed by atoms with Gasteiger partial charge in [0.15, 0.2) is 0 Å². The van der Waals surface area contributed by atoms with E-state index in [1.54, 1.807) is 4.90 Å². The van der Waals surface area contributed by atoms with Crippen molar-refractivity contribution in [2.75, 3.05) is 19.6 Å². The van der Waals surface area contributed by atoms with Crippen molar-refractivity contribution in [3.8, 4) is 0 Å². The summed E-state index contributed by atoms with van der Waals surface area (Å²) in [5.41, 5.74) is -0.893. The van der Waals surface area contributed by atoms with Crippen molar-refractivity contribution in [2.45, 2.75) is 59.1 Å². The molecule has 1 amide bonds. The average molecular weight is 314 g/mol. The van der Waals surface area contributed by atoms with E-state index >= 15 is 0 Å². The van der Waals surface area contributed by atoms with Gasteiger partial charge in [-0.05, 0) is 41.5 Å². The topological polar surface area (TPSA) is 49.9 Å². The lowest BCUT2D eigenvalue weighted by molar-refractivity contribution is -0.116. The molecule has 1 aliphatic heterocycles. The van der Waals surface area contributed by atoms with Crippen LogP contribution < -0.4 is 0 Å². The van der Waals surface area contributed by atoms with Crippen molar-refractivity contribution < 1.29 is 14.3 Å². The Bertz CT molecular complexity index is 441. The Labute approximate surface area is 132 Å². The summed E-state index contributed by atoms with van der Waals surface area (Å²) in [4.78, 5) is 27.9. The summed E-state index contributed by atoms with van der Waals surface area (Å²) in [6, 6.07) is 0. The highest BCUT2D eigenvalue weighted by molar-refractivity contribution is 7.80. The Morgan fingerprint density at radius 1 is 1.24 bits per heavy atom. The SMILES string of the molecule is CC(=O)CC(=S)N1CCN(C(=O)OC(C)(C)C)C(C)(C)C1. The molecule has 0 aromatic heterocycles. The summed E-state index contributed by atoms with van der Waals surface area (Å²) in [7, 11) is 0. The van der Waals surface area contributed by atoms with E-state index in [9.17, 15) is 9.59 Å². The van der Waals surface area contributed by atoms with E-state index in [1.165, 1.54) is 6.92 Å². The van der Waals surface area contributed by atoms with Crippen molar-refractivity contribution in [1.82, 2.24) is 9.80 Å². The van der Waals surface area contributed by atoms with Crippen LogP contribution in [0, 0.1) is 0 Å². The van der Waals surface area contributed by atoms with E-state index in [-0.39, 0.29) is 23.8 Å². The van der Waals surface area contributed by atoms with Crippen LogP contribution >= 0.6 is 12.2 Å². The predicted octanol–water partition coefficient (Wildman–Crippen LogP) is 2.62. The summed E-state index contributed by atoms with van der Waals surface area (Å²) < 4.78 is 5.45. The van der Waals surface area contributed by atoms with Crippen molar-refractivity contribution in [3.63, 3.8) is 0 Å². The quantitative estimate of drug-likeness (QED) is 0.733.